The van der Waals surface area contributed by atoms with Crippen LogP contribution < -0.4 is 10.6 Å². The maximum Gasteiger partial charge on any atom is 0.350 e. The van der Waals surface area contributed by atoms with Crippen molar-refractivity contribution in [1.82, 2.24) is 15.7 Å². The number of hydroxylamine groups is 2. The molecule has 10 heteroatoms. The van der Waals surface area contributed by atoms with Crippen LogP contribution in [0.25, 0.3) is 0 Å². The third-order valence-electron chi connectivity index (χ3n) is 3.19. The minimum Gasteiger partial charge on any atom is -0.467 e. The van der Waals surface area contributed by atoms with Crippen LogP contribution in [0.15, 0.2) is 0 Å². The molecule has 0 heterocycles. The number of nitrogens with zero attached hydrogens (tertiary/aromatic N) is 1. The van der Waals surface area contributed by atoms with Gasteiger partial charge in [-0.05, 0) is 11.8 Å². The van der Waals surface area contributed by atoms with Gasteiger partial charge in [0.05, 0.1) is 14.2 Å². The van der Waals surface area contributed by atoms with Crippen LogP contribution in [0.1, 0.15) is 27.7 Å². The number of hydrogen-bond donors (Lipinski definition) is 3. The predicted molar refractivity (Wildman–Crippen MR) is 82.0 cm³/mol. The summed E-state index contributed by atoms with van der Waals surface area (Å²) in [6, 6.07) is -4.56. The zero-order valence-corrected chi connectivity index (χ0v) is 14.7. The van der Waals surface area contributed by atoms with Crippen molar-refractivity contribution in [3.8, 4) is 0 Å². The summed E-state index contributed by atoms with van der Waals surface area (Å²) in [6.07, 6.45) is 0. The van der Waals surface area contributed by atoms with E-state index in [2.05, 4.69) is 20.1 Å². The fraction of sp³-hybridized carbons (Fsp3) is 0.714. The molecule has 138 valence electrons. The molecule has 10 nitrogen and oxygen atoms in total. The Hall–Kier alpha value is -2.36. The van der Waals surface area contributed by atoms with E-state index in [1.54, 1.807) is 27.7 Å². The van der Waals surface area contributed by atoms with Crippen molar-refractivity contribution in [2.75, 3.05) is 14.2 Å². The molecule has 0 aromatic heterocycles. The monoisotopic (exact) mass is 347 g/mol. The Morgan fingerprint density at radius 3 is 1.29 bits per heavy atom. The number of nitrogens with one attached hydrogen (secondary N) is 2. The predicted octanol–water partition coefficient (Wildman–Crippen LogP) is 0.492. The highest BCUT2D eigenvalue weighted by molar-refractivity contribution is 5.95. The Kier molecular flexibility index (Phi) is 8.75. The fourth-order valence-electron chi connectivity index (χ4n) is 1.73. The van der Waals surface area contributed by atoms with Crippen molar-refractivity contribution in [1.29, 1.82) is 0 Å². The normalized spacial score (nSPS) is 13.0. The van der Waals surface area contributed by atoms with Gasteiger partial charge >= 0.3 is 24.0 Å². The van der Waals surface area contributed by atoms with Crippen molar-refractivity contribution in [3.05, 3.63) is 0 Å². The summed E-state index contributed by atoms with van der Waals surface area (Å²) in [5, 5.41) is 13.8. The summed E-state index contributed by atoms with van der Waals surface area (Å²) < 4.78 is 9.08. The van der Waals surface area contributed by atoms with Crippen molar-refractivity contribution in [2.45, 2.75) is 39.8 Å². The summed E-state index contributed by atoms with van der Waals surface area (Å²) in [6.45, 7) is 6.59. The van der Waals surface area contributed by atoms with Gasteiger partial charge in [-0.15, -0.1) is 5.06 Å². The smallest absolute Gasteiger partial charge is 0.350 e. The average Bonchev–Trinajstić information content (AvgIpc) is 2.54. The average molecular weight is 347 g/mol. The zero-order valence-electron chi connectivity index (χ0n) is 14.7. The summed E-state index contributed by atoms with van der Waals surface area (Å²) in [4.78, 5) is 46.9. The van der Waals surface area contributed by atoms with Crippen LogP contribution in [-0.2, 0) is 19.1 Å². The van der Waals surface area contributed by atoms with E-state index in [9.17, 15) is 24.4 Å². The Balaban J connectivity index is 4.96. The summed E-state index contributed by atoms with van der Waals surface area (Å²) in [5.74, 6) is -2.11. The maximum atomic E-state index is 11.9. The second kappa shape index (κ2) is 9.71. The van der Waals surface area contributed by atoms with Gasteiger partial charge in [-0.3, -0.25) is 5.21 Å². The van der Waals surface area contributed by atoms with E-state index in [0.717, 1.165) is 14.2 Å². The number of hydrogen-bond acceptors (Lipinski definition) is 7. The van der Waals surface area contributed by atoms with Crippen molar-refractivity contribution < 1.29 is 33.9 Å². The lowest BCUT2D eigenvalue weighted by Gasteiger charge is -2.24. The number of carbonyl (C=O) groups is 4. The van der Waals surface area contributed by atoms with E-state index in [1.165, 1.54) is 0 Å². The first-order chi connectivity index (χ1) is 11.1. The third kappa shape index (κ3) is 6.03. The van der Waals surface area contributed by atoms with Gasteiger partial charge in [0, 0.05) is 0 Å². The highest BCUT2D eigenvalue weighted by atomic mass is 16.5. The van der Waals surface area contributed by atoms with Gasteiger partial charge in [0.25, 0.3) is 0 Å². The number of carbonyl (C=O) groups excluding carboxylic acids is 4. The van der Waals surface area contributed by atoms with Gasteiger partial charge < -0.3 is 20.1 Å². The highest BCUT2D eigenvalue weighted by Gasteiger charge is 2.32. The number of esters is 2. The molecule has 0 aliphatic rings. The van der Waals surface area contributed by atoms with Crippen LogP contribution in [0, 0.1) is 11.8 Å². The largest absolute Gasteiger partial charge is 0.467 e. The zero-order chi connectivity index (χ0) is 19.0. The molecule has 0 aromatic rings. The Morgan fingerprint density at radius 2 is 1.08 bits per heavy atom. The first-order valence-corrected chi connectivity index (χ1v) is 7.32. The molecule has 3 N–H and O–H groups in total. The SMILES string of the molecule is COC(=O)[C@@H](NC(=O)N(O)C(=O)N[C@H](C(=O)OC)C(C)C)C(C)C. The number of amides is 4. The van der Waals surface area contributed by atoms with E-state index < -0.39 is 36.1 Å². The number of imide groups is 1. The van der Waals surface area contributed by atoms with Crippen LogP contribution in [0.4, 0.5) is 9.59 Å². The van der Waals surface area contributed by atoms with Crippen LogP contribution in [0.3, 0.4) is 0 Å². The maximum absolute atomic E-state index is 11.9. The third-order valence-corrected chi connectivity index (χ3v) is 3.19. The topological polar surface area (TPSA) is 134 Å². The molecule has 0 spiro atoms. The van der Waals surface area contributed by atoms with Crippen LogP contribution >= 0.6 is 0 Å². The molecule has 0 bridgehead atoms. The second-order valence-corrected chi connectivity index (χ2v) is 5.70. The molecule has 0 fully saturated rings. The summed E-state index contributed by atoms with van der Waals surface area (Å²) >= 11 is 0. The molecule has 4 amide bonds. The summed E-state index contributed by atoms with van der Waals surface area (Å²) in [7, 11) is 2.30. The molecule has 24 heavy (non-hydrogen) atoms. The number of ether oxygens (including phenoxy) is 2. The Morgan fingerprint density at radius 1 is 0.792 bits per heavy atom. The molecule has 0 aromatic carbocycles. The van der Waals surface area contributed by atoms with Crippen molar-refractivity contribution in [3.63, 3.8) is 0 Å². The lowest BCUT2D eigenvalue weighted by atomic mass is 10.1. The van der Waals surface area contributed by atoms with Gasteiger partial charge in [-0.25, -0.2) is 19.2 Å². The van der Waals surface area contributed by atoms with E-state index >= 15 is 0 Å². The standard InChI is InChI=1S/C14H25N3O7/c1-7(2)9(11(18)23-5)15-13(20)17(22)14(21)16-10(8(3)4)12(19)24-6/h7-10,22H,1-6H3,(H,15,20)(H,16,21)/t9-,10-/m0/s1. The Labute approximate surface area is 140 Å². The lowest BCUT2D eigenvalue weighted by molar-refractivity contribution is -0.144. The van der Waals surface area contributed by atoms with Crippen LogP contribution in [0.5, 0.6) is 0 Å². The van der Waals surface area contributed by atoms with Crippen molar-refractivity contribution >= 4 is 24.0 Å². The number of urea groups is 2. The van der Waals surface area contributed by atoms with E-state index in [4.69, 9.17) is 0 Å². The quantitative estimate of drug-likeness (QED) is 0.361. The molecule has 0 unspecified atom stereocenters. The molecule has 0 radical (unpaired) electrons. The second-order valence-electron chi connectivity index (χ2n) is 5.70. The minimum atomic E-state index is -1.23. The lowest BCUT2D eigenvalue weighted by Crippen LogP contribution is -2.56. The van der Waals surface area contributed by atoms with Gasteiger partial charge in [0.2, 0.25) is 0 Å². The fourth-order valence-corrected chi connectivity index (χ4v) is 1.73. The molecular formula is C14H25N3O7. The van der Waals surface area contributed by atoms with E-state index in [-0.39, 0.29) is 16.9 Å². The highest BCUT2D eigenvalue weighted by Crippen LogP contribution is 2.06. The molecule has 0 aliphatic heterocycles. The van der Waals surface area contributed by atoms with E-state index in [0.29, 0.717) is 0 Å². The van der Waals surface area contributed by atoms with Gasteiger partial charge in [-0.2, -0.15) is 0 Å². The molecule has 0 saturated heterocycles. The van der Waals surface area contributed by atoms with Gasteiger partial charge in [0.15, 0.2) is 0 Å². The van der Waals surface area contributed by atoms with Crippen LogP contribution in [0.2, 0.25) is 0 Å². The minimum absolute atomic E-state index is 0.253. The molecule has 0 rings (SSSR count). The number of methoxy groups -OCH3 is 2. The van der Waals surface area contributed by atoms with Crippen molar-refractivity contribution in [2.24, 2.45) is 11.8 Å². The first-order valence-electron chi connectivity index (χ1n) is 7.32. The van der Waals surface area contributed by atoms with E-state index in [1.807, 2.05) is 0 Å². The molecular weight excluding hydrogens is 322 g/mol. The first kappa shape index (κ1) is 21.6. The Bertz CT molecular complexity index is 437. The molecule has 2 atom stereocenters. The van der Waals surface area contributed by atoms with Gasteiger partial charge in [0.1, 0.15) is 12.1 Å². The summed E-state index contributed by atoms with van der Waals surface area (Å²) in [5.41, 5.74) is 0. The molecule has 0 aliphatic carbocycles. The van der Waals surface area contributed by atoms with Gasteiger partial charge in [-0.1, -0.05) is 27.7 Å². The van der Waals surface area contributed by atoms with Crippen LogP contribution in [-0.4, -0.2) is 60.6 Å². The number of rotatable bonds is 6. The molecule has 0 saturated carbocycles.